The first kappa shape index (κ1) is 35.2. The van der Waals surface area contributed by atoms with Crippen molar-refractivity contribution >= 4 is 5.97 Å². The number of rotatable bonds is 24. The number of ether oxygens (including phenoxy) is 3. The van der Waals surface area contributed by atoms with Crippen molar-refractivity contribution in [3.63, 3.8) is 0 Å². The Morgan fingerprint density at radius 1 is 0.591 bits per heavy atom. The zero-order chi connectivity index (χ0) is 31.1. The van der Waals surface area contributed by atoms with Gasteiger partial charge in [-0.15, -0.1) is 0 Å². The maximum absolute atomic E-state index is 12.5. The number of aliphatic hydroxyl groups is 1. The third-order valence-corrected chi connectivity index (χ3v) is 7.93. The van der Waals surface area contributed by atoms with Crippen LogP contribution in [0.15, 0.2) is 78.9 Å². The minimum Gasteiger partial charge on any atom is -0.485 e. The molecule has 0 saturated carbocycles. The molecule has 5 heteroatoms. The number of hydrogen-bond donors (Lipinski definition) is 1. The molecule has 0 unspecified atom stereocenters. The summed E-state index contributed by atoms with van der Waals surface area (Å²) >= 11 is 0. The number of hydrogen-bond acceptors (Lipinski definition) is 5. The predicted molar refractivity (Wildman–Crippen MR) is 179 cm³/mol. The van der Waals surface area contributed by atoms with Crippen molar-refractivity contribution in [1.29, 1.82) is 0 Å². The van der Waals surface area contributed by atoms with Crippen molar-refractivity contribution in [2.24, 2.45) is 0 Å². The Labute approximate surface area is 266 Å². The molecule has 0 aliphatic rings. The molecular weight excluding hydrogens is 548 g/mol. The fourth-order valence-electron chi connectivity index (χ4n) is 5.25. The molecule has 0 radical (unpaired) electrons. The summed E-state index contributed by atoms with van der Waals surface area (Å²) in [6, 6.07) is 25.4. The van der Waals surface area contributed by atoms with E-state index < -0.39 is 12.1 Å². The van der Waals surface area contributed by atoms with Gasteiger partial charge in [0.15, 0.2) is 17.6 Å². The summed E-state index contributed by atoms with van der Waals surface area (Å²) in [5, 5.41) is 10.6. The highest BCUT2D eigenvalue weighted by atomic mass is 16.5. The molecule has 5 nitrogen and oxygen atoms in total. The summed E-state index contributed by atoms with van der Waals surface area (Å²) in [7, 11) is 0. The Morgan fingerprint density at radius 3 is 1.59 bits per heavy atom. The van der Waals surface area contributed by atoms with Gasteiger partial charge in [0.1, 0.15) is 13.2 Å². The topological polar surface area (TPSA) is 65.0 Å². The Balaban J connectivity index is 1.34. The average Bonchev–Trinajstić information content (AvgIpc) is 3.06. The second-order valence-corrected chi connectivity index (χ2v) is 11.8. The van der Waals surface area contributed by atoms with Crippen LogP contribution in [0.2, 0.25) is 0 Å². The van der Waals surface area contributed by atoms with Gasteiger partial charge in [0.25, 0.3) is 0 Å². The number of carbonyl (C=O) groups excluding carboxylic acids is 1. The monoisotopic (exact) mass is 602 g/mol. The summed E-state index contributed by atoms with van der Waals surface area (Å²) in [5.41, 5.74) is 2.88. The van der Waals surface area contributed by atoms with Crippen LogP contribution in [0.5, 0.6) is 11.5 Å². The molecule has 0 fully saturated rings. The lowest BCUT2D eigenvalue weighted by molar-refractivity contribution is -0.153. The molecule has 44 heavy (non-hydrogen) atoms. The van der Waals surface area contributed by atoms with E-state index in [0.717, 1.165) is 29.5 Å². The van der Waals surface area contributed by atoms with Crippen LogP contribution in [0.3, 0.4) is 0 Å². The second kappa shape index (κ2) is 22.2. The Morgan fingerprint density at radius 2 is 1.07 bits per heavy atom. The van der Waals surface area contributed by atoms with Gasteiger partial charge in [0.2, 0.25) is 0 Å². The summed E-state index contributed by atoms with van der Waals surface area (Å²) in [5.74, 6) is 0.615. The van der Waals surface area contributed by atoms with Gasteiger partial charge >= 0.3 is 5.97 Å². The minimum atomic E-state index is -1.22. The third-order valence-electron chi connectivity index (χ3n) is 7.93. The van der Waals surface area contributed by atoms with Crippen molar-refractivity contribution < 1.29 is 24.1 Å². The van der Waals surface area contributed by atoms with Gasteiger partial charge in [0.05, 0.1) is 6.61 Å². The van der Waals surface area contributed by atoms with E-state index in [1.165, 1.54) is 77.0 Å². The molecule has 0 amide bonds. The Kier molecular flexibility index (Phi) is 17.8. The SMILES string of the molecule is CCCCCCCCCCCCCCCCOC(=O)[C@H](O)Cc1ccc(OCc2ccccc2)c(OCc2ccccc2)c1. The summed E-state index contributed by atoms with van der Waals surface area (Å²) in [6.45, 7) is 3.42. The Bertz CT molecular complexity index is 1150. The van der Waals surface area contributed by atoms with E-state index >= 15 is 0 Å². The van der Waals surface area contributed by atoms with Crippen molar-refractivity contribution in [1.82, 2.24) is 0 Å². The van der Waals surface area contributed by atoms with E-state index in [2.05, 4.69) is 6.92 Å². The average molecular weight is 603 g/mol. The molecule has 0 spiro atoms. The van der Waals surface area contributed by atoms with Gasteiger partial charge < -0.3 is 19.3 Å². The smallest absolute Gasteiger partial charge is 0.335 e. The van der Waals surface area contributed by atoms with Crippen LogP contribution in [0.25, 0.3) is 0 Å². The van der Waals surface area contributed by atoms with Gasteiger partial charge in [-0.25, -0.2) is 4.79 Å². The first-order valence-electron chi connectivity index (χ1n) is 17.0. The first-order valence-corrected chi connectivity index (χ1v) is 17.0. The van der Waals surface area contributed by atoms with Crippen LogP contribution >= 0.6 is 0 Å². The largest absolute Gasteiger partial charge is 0.485 e. The van der Waals surface area contributed by atoms with E-state index in [0.29, 0.717) is 31.3 Å². The standard InChI is InChI=1S/C39H54O5/c1-2-3-4-5-6-7-8-9-10-11-12-13-14-21-28-42-39(41)36(40)29-35-26-27-37(43-31-33-22-17-15-18-23-33)38(30-35)44-32-34-24-19-16-20-25-34/h15-20,22-27,30,36,40H,2-14,21,28-29,31-32H2,1H3/t36-/m1/s1. The van der Waals surface area contributed by atoms with E-state index in [1.807, 2.05) is 78.9 Å². The van der Waals surface area contributed by atoms with E-state index in [-0.39, 0.29) is 6.42 Å². The normalized spacial score (nSPS) is 11.7. The molecule has 0 aliphatic carbocycles. The summed E-state index contributed by atoms with van der Waals surface area (Å²) in [6.07, 6.45) is 16.9. The van der Waals surface area contributed by atoms with Crippen LogP contribution in [0, 0.1) is 0 Å². The molecule has 3 rings (SSSR count). The van der Waals surface area contributed by atoms with Crippen LogP contribution in [0.1, 0.15) is 114 Å². The lowest BCUT2D eigenvalue weighted by atomic mass is 10.0. The molecule has 0 aromatic heterocycles. The molecule has 0 aliphatic heterocycles. The summed E-state index contributed by atoms with van der Waals surface area (Å²) in [4.78, 5) is 12.5. The molecule has 0 heterocycles. The molecule has 0 saturated heterocycles. The quantitative estimate of drug-likeness (QED) is 0.0817. The third kappa shape index (κ3) is 14.9. The molecule has 1 N–H and O–H groups in total. The molecule has 3 aromatic carbocycles. The van der Waals surface area contributed by atoms with Gasteiger partial charge in [-0.05, 0) is 35.2 Å². The number of benzene rings is 3. The zero-order valence-electron chi connectivity index (χ0n) is 26.9. The first-order chi connectivity index (χ1) is 21.7. The van der Waals surface area contributed by atoms with Crippen molar-refractivity contribution in [3.05, 3.63) is 95.6 Å². The molecule has 0 bridgehead atoms. The number of unbranched alkanes of at least 4 members (excludes halogenated alkanes) is 13. The number of esters is 1. The Hall–Kier alpha value is -3.31. The van der Waals surface area contributed by atoms with Gasteiger partial charge in [0, 0.05) is 6.42 Å². The highest BCUT2D eigenvalue weighted by molar-refractivity contribution is 5.74. The zero-order valence-corrected chi connectivity index (χ0v) is 26.9. The maximum atomic E-state index is 12.5. The van der Waals surface area contributed by atoms with Gasteiger partial charge in [-0.3, -0.25) is 0 Å². The fourth-order valence-corrected chi connectivity index (χ4v) is 5.25. The number of aliphatic hydroxyl groups excluding tert-OH is 1. The van der Waals surface area contributed by atoms with Crippen molar-refractivity contribution in [2.75, 3.05) is 6.61 Å². The van der Waals surface area contributed by atoms with Crippen LogP contribution in [-0.2, 0) is 29.2 Å². The van der Waals surface area contributed by atoms with Crippen molar-refractivity contribution in [2.45, 2.75) is 123 Å². The highest BCUT2D eigenvalue weighted by Gasteiger charge is 2.18. The minimum absolute atomic E-state index is 0.151. The highest BCUT2D eigenvalue weighted by Crippen LogP contribution is 2.31. The van der Waals surface area contributed by atoms with E-state index in [1.54, 1.807) is 0 Å². The van der Waals surface area contributed by atoms with E-state index in [9.17, 15) is 9.90 Å². The lowest BCUT2D eigenvalue weighted by Crippen LogP contribution is -2.25. The second-order valence-electron chi connectivity index (χ2n) is 11.8. The predicted octanol–water partition coefficient (Wildman–Crippen LogP) is 9.77. The molecular formula is C39H54O5. The maximum Gasteiger partial charge on any atom is 0.335 e. The molecule has 240 valence electrons. The van der Waals surface area contributed by atoms with Crippen LogP contribution in [0.4, 0.5) is 0 Å². The molecule has 1 atom stereocenters. The van der Waals surface area contributed by atoms with Gasteiger partial charge in [-0.2, -0.15) is 0 Å². The number of carbonyl (C=O) groups is 1. The van der Waals surface area contributed by atoms with Crippen molar-refractivity contribution in [3.8, 4) is 11.5 Å². The molecule has 3 aromatic rings. The van der Waals surface area contributed by atoms with Crippen LogP contribution < -0.4 is 9.47 Å². The van der Waals surface area contributed by atoms with Crippen LogP contribution in [-0.4, -0.2) is 23.8 Å². The lowest BCUT2D eigenvalue weighted by Gasteiger charge is -2.16. The fraction of sp³-hybridized carbons (Fsp3) is 0.513. The summed E-state index contributed by atoms with van der Waals surface area (Å²) < 4.78 is 17.6. The van der Waals surface area contributed by atoms with E-state index in [4.69, 9.17) is 14.2 Å². The van der Waals surface area contributed by atoms with Gasteiger partial charge in [-0.1, -0.05) is 157 Å².